The molecule has 1 aliphatic rings. The standard InChI is InChI=1S/C24H23FN2O4S/c1-31-20-10-12-21(13-11-20)32(29,30)27-16-19-8-3-2-6-17(19)14-23(27)24(28)26-15-18-7-4-5-9-22(18)25/h2-13,23H,14-16H2,1H3,(H,26,28). The smallest absolute Gasteiger partial charge is 0.244 e. The number of nitrogens with zero attached hydrogens (tertiary/aromatic N) is 1. The Balaban J connectivity index is 1.64. The molecule has 1 unspecified atom stereocenters. The van der Waals surface area contributed by atoms with Crippen molar-refractivity contribution < 1.29 is 22.3 Å². The molecule has 4 rings (SSSR count). The van der Waals surface area contributed by atoms with Gasteiger partial charge in [0.25, 0.3) is 0 Å². The maximum atomic E-state index is 14.0. The molecule has 1 aliphatic heterocycles. The van der Waals surface area contributed by atoms with Crippen molar-refractivity contribution in [3.05, 3.63) is 95.3 Å². The highest BCUT2D eigenvalue weighted by molar-refractivity contribution is 7.89. The van der Waals surface area contributed by atoms with E-state index in [1.165, 1.54) is 29.6 Å². The van der Waals surface area contributed by atoms with E-state index < -0.39 is 27.8 Å². The zero-order valence-electron chi connectivity index (χ0n) is 17.5. The molecule has 6 nitrogen and oxygen atoms in total. The van der Waals surface area contributed by atoms with E-state index in [2.05, 4.69) is 5.32 Å². The Hall–Kier alpha value is -3.23. The van der Waals surface area contributed by atoms with Crippen molar-refractivity contribution in [1.82, 2.24) is 9.62 Å². The number of fused-ring (bicyclic) bond motifs is 1. The average molecular weight is 455 g/mol. The normalized spacial score (nSPS) is 16.2. The van der Waals surface area contributed by atoms with Gasteiger partial charge in [-0.1, -0.05) is 42.5 Å². The molecular formula is C24H23FN2O4S. The molecule has 1 amide bonds. The van der Waals surface area contributed by atoms with Gasteiger partial charge >= 0.3 is 0 Å². The number of methoxy groups -OCH3 is 1. The lowest BCUT2D eigenvalue weighted by atomic mass is 9.95. The van der Waals surface area contributed by atoms with Gasteiger partial charge < -0.3 is 10.1 Å². The molecule has 1 N–H and O–H groups in total. The first-order chi connectivity index (χ1) is 15.4. The van der Waals surface area contributed by atoms with Gasteiger partial charge in [-0.3, -0.25) is 4.79 Å². The fraction of sp³-hybridized carbons (Fsp3) is 0.208. The second kappa shape index (κ2) is 9.10. The number of carbonyl (C=O) groups is 1. The zero-order valence-corrected chi connectivity index (χ0v) is 18.3. The fourth-order valence-electron chi connectivity index (χ4n) is 3.80. The van der Waals surface area contributed by atoms with Gasteiger partial charge in [0.1, 0.15) is 17.6 Å². The van der Waals surface area contributed by atoms with Crippen molar-refractivity contribution in [2.24, 2.45) is 0 Å². The van der Waals surface area contributed by atoms with Crippen molar-refractivity contribution in [2.45, 2.75) is 30.4 Å². The number of hydrogen-bond donors (Lipinski definition) is 1. The molecule has 0 spiro atoms. The van der Waals surface area contributed by atoms with E-state index in [0.717, 1.165) is 11.1 Å². The van der Waals surface area contributed by atoms with E-state index in [1.807, 2.05) is 24.3 Å². The highest BCUT2D eigenvalue weighted by Crippen LogP contribution is 2.30. The van der Waals surface area contributed by atoms with Crippen LogP contribution in [0.3, 0.4) is 0 Å². The van der Waals surface area contributed by atoms with Crippen molar-refractivity contribution >= 4 is 15.9 Å². The Labute approximate surface area is 186 Å². The van der Waals surface area contributed by atoms with E-state index in [4.69, 9.17) is 4.74 Å². The molecule has 0 bridgehead atoms. The van der Waals surface area contributed by atoms with E-state index in [0.29, 0.717) is 11.3 Å². The largest absolute Gasteiger partial charge is 0.497 e. The Kier molecular flexibility index (Phi) is 6.25. The van der Waals surface area contributed by atoms with Gasteiger partial charge in [0.05, 0.1) is 12.0 Å². The third-order valence-electron chi connectivity index (χ3n) is 5.59. The van der Waals surface area contributed by atoms with Crippen LogP contribution in [0.15, 0.2) is 77.7 Å². The number of nitrogens with one attached hydrogen (secondary N) is 1. The summed E-state index contributed by atoms with van der Waals surface area (Å²) in [6.45, 7) is 0.0440. The molecule has 1 atom stereocenters. The predicted octanol–water partition coefficient (Wildman–Crippen LogP) is 3.27. The van der Waals surface area contributed by atoms with Crippen LogP contribution in [-0.2, 0) is 34.3 Å². The van der Waals surface area contributed by atoms with Crippen molar-refractivity contribution in [2.75, 3.05) is 7.11 Å². The van der Waals surface area contributed by atoms with Gasteiger partial charge in [0, 0.05) is 18.7 Å². The first-order valence-electron chi connectivity index (χ1n) is 10.1. The molecule has 0 aliphatic carbocycles. The number of ether oxygens (including phenoxy) is 1. The van der Waals surface area contributed by atoms with Crippen LogP contribution in [0.2, 0.25) is 0 Å². The Bertz CT molecular complexity index is 1230. The molecule has 3 aromatic carbocycles. The number of amides is 1. The summed E-state index contributed by atoms with van der Waals surface area (Å²) in [4.78, 5) is 13.2. The van der Waals surface area contributed by atoms with Crippen molar-refractivity contribution in [1.29, 1.82) is 0 Å². The lowest BCUT2D eigenvalue weighted by molar-refractivity contribution is -0.125. The van der Waals surface area contributed by atoms with Gasteiger partial charge in [-0.15, -0.1) is 0 Å². The van der Waals surface area contributed by atoms with Gasteiger partial charge in [0.15, 0.2) is 0 Å². The Morgan fingerprint density at radius 3 is 2.38 bits per heavy atom. The maximum absolute atomic E-state index is 14.0. The van der Waals surface area contributed by atoms with Gasteiger partial charge in [-0.25, -0.2) is 12.8 Å². The number of carbonyl (C=O) groups excluding carboxylic acids is 1. The quantitative estimate of drug-likeness (QED) is 0.620. The molecule has 0 fully saturated rings. The van der Waals surface area contributed by atoms with Gasteiger partial charge in [0.2, 0.25) is 15.9 Å². The second-order valence-electron chi connectivity index (χ2n) is 7.52. The summed E-state index contributed by atoms with van der Waals surface area (Å²) in [5, 5.41) is 2.71. The SMILES string of the molecule is COc1ccc(S(=O)(=O)N2Cc3ccccc3CC2C(=O)NCc2ccccc2F)cc1. The van der Waals surface area contributed by atoms with Crippen LogP contribution in [0.5, 0.6) is 5.75 Å². The Morgan fingerprint density at radius 2 is 1.69 bits per heavy atom. The van der Waals surface area contributed by atoms with Crippen LogP contribution in [0.1, 0.15) is 16.7 Å². The summed E-state index contributed by atoms with van der Waals surface area (Å²) in [5.74, 6) is -0.364. The topological polar surface area (TPSA) is 75.7 Å². The summed E-state index contributed by atoms with van der Waals surface area (Å²) in [6, 6.07) is 18.7. The van der Waals surface area contributed by atoms with Crippen molar-refractivity contribution in [3.8, 4) is 5.75 Å². The van der Waals surface area contributed by atoms with Crippen LogP contribution >= 0.6 is 0 Å². The molecule has 0 aromatic heterocycles. The fourth-order valence-corrected chi connectivity index (χ4v) is 5.37. The lowest BCUT2D eigenvalue weighted by Crippen LogP contribution is -2.52. The van der Waals surface area contributed by atoms with Crippen LogP contribution in [0, 0.1) is 5.82 Å². The first-order valence-corrected chi connectivity index (χ1v) is 11.6. The van der Waals surface area contributed by atoms with Crippen LogP contribution in [0.25, 0.3) is 0 Å². The highest BCUT2D eigenvalue weighted by Gasteiger charge is 2.39. The van der Waals surface area contributed by atoms with E-state index in [-0.39, 0.29) is 24.4 Å². The molecular weight excluding hydrogens is 431 g/mol. The summed E-state index contributed by atoms with van der Waals surface area (Å²) in [7, 11) is -2.47. The average Bonchev–Trinajstić information content (AvgIpc) is 2.82. The number of rotatable bonds is 6. The van der Waals surface area contributed by atoms with Gasteiger partial charge in [-0.2, -0.15) is 4.31 Å². The van der Waals surface area contributed by atoms with Crippen molar-refractivity contribution in [3.63, 3.8) is 0 Å². The van der Waals surface area contributed by atoms with E-state index in [9.17, 15) is 17.6 Å². The predicted molar refractivity (Wildman–Crippen MR) is 118 cm³/mol. The Morgan fingerprint density at radius 1 is 1.03 bits per heavy atom. The molecule has 32 heavy (non-hydrogen) atoms. The number of hydrogen-bond acceptors (Lipinski definition) is 4. The van der Waals surface area contributed by atoms with E-state index in [1.54, 1.807) is 30.3 Å². The van der Waals surface area contributed by atoms with Crippen LogP contribution in [-0.4, -0.2) is 31.8 Å². The summed E-state index contributed by atoms with van der Waals surface area (Å²) in [6.07, 6.45) is 0.231. The maximum Gasteiger partial charge on any atom is 0.244 e. The van der Waals surface area contributed by atoms with Crippen LogP contribution in [0.4, 0.5) is 4.39 Å². The highest BCUT2D eigenvalue weighted by atomic mass is 32.2. The van der Waals surface area contributed by atoms with E-state index >= 15 is 0 Å². The molecule has 8 heteroatoms. The lowest BCUT2D eigenvalue weighted by Gasteiger charge is -2.35. The minimum absolute atomic E-state index is 0.0277. The second-order valence-corrected chi connectivity index (χ2v) is 9.41. The molecule has 1 heterocycles. The summed E-state index contributed by atoms with van der Waals surface area (Å²) < 4.78 is 47.3. The minimum Gasteiger partial charge on any atom is -0.497 e. The molecule has 3 aromatic rings. The first kappa shape index (κ1) is 22.0. The molecule has 0 saturated carbocycles. The third-order valence-corrected chi connectivity index (χ3v) is 7.45. The monoisotopic (exact) mass is 454 g/mol. The number of halogens is 1. The molecule has 166 valence electrons. The molecule has 0 saturated heterocycles. The summed E-state index contributed by atoms with van der Waals surface area (Å²) in [5.41, 5.74) is 2.10. The molecule has 0 radical (unpaired) electrons. The number of benzene rings is 3. The van der Waals surface area contributed by atoms with Gasteiger partial charge in [-0.05, 0) is 47.9 Å². The zero-order chi connectivity index (χ0) is 22.7. The minimum atomic E-state index is -3.97. The summed E-state index contributed by atoms with van der Waals surface area (Å²) >= 11 is 0. The van der Waals surface area contributed by atoms with Crippen LogP contribution < -0.4 is 10.1 Å². The number of sulfonamides is 1. The third kappa shape index (κ3) is 4.37.